The number of fused-ring (bicyclic) bond motifs is 1. The van der Waals surface area contributed by atoms with Gasteiger partial charge in [0, 0.05) is 19.0 Å². The molecule has 5 atom stereocenters. The normalized spacial score (nSPS) is 31.5. The van der Waals surface area contributed by atoms with E-state index in [2.05, 4.69) is 0 Å². The summed E-state index contributed by atoms with van der Waals surface area (Å²) in [6, 6.07) is -0.987. The molecule has 2 aliphatic heterocycles. The van der Waals surface area contributed by atoms with E-state index in [1.165, 1.54) is 12.0 Å². The summed E-state index contributed by atoms with van der Waals surface area (Å²) in [4.78, 5) is 53.0. The first-order valence-corrected chi connectivity index (χ1v) is 11.3. The van der Waals surface area contributed by atoms with Crippen molar-refractivity contribution in [3.05, 3.63) is 0 Å². The Morgan fingerprint density at radius 3 is 2.26 bits per heavy atom. The summed E-state index contributed by atoms with van der Waals surface area (Å²) in [6.45, 7) is 4.81. The SMILES string of the molecule is CCOC(=O)C1CC2CC(N3CC(=O)CCC3C(=O)OCC)CCC2CN1C(=O)OC. The number of amides is 1. The van der Waals surface area contributed by atoms with Gasteiger partial charge in [0.05, 0.1) is 26.9 Å². The van der Waals surface area contributed by atoms with Gasteiger partial charge in [-0.05, 0) is 57.8 Å². The molecule has 0 spiro atoms. The van der Waals surface area contributed by atoms with Crippen LogP contribution in [0.15, 0.2) is 0 Å². The van der Waals surface area contributed by atoms with Crippen molar-refractivity contribution >= 4 is 23.8 Å². The fraction of sp³-hybridized carbons (Fsp3) is 0.818. The molecule has 0 bridgehead atoms. The maximum atomic E-state index is 12.6. The molecule has 0 aromatic carbocycles. The van der Waals surface area contributed by atoms with Crippen molar-refractivity contribution in [1.29, 1.82) is 0 Å². The lowest BCUT2D eigenvalue weighted by molar-refractivity contribution is -0.155. The number of nitrogens with zero attached hydrogens (tertiary/aromatic N) is 2. The Labute approximate surface area is 183 Å². The molecule has 31 heavy (non-hydrogen) atoms. The topological polar surface area (TPSA) is 102 Å². The highest BCUT2D eigenvalue weighted by Crippen LogP contribution is 2.41. The molecule has 0 radical (unpaired) electrons. The van der Waals surface area contributed by atoms with Crippen molar-refractivity contribution in [2.24, 2.45) is 11.8 Å². The molecule has 5 unspecified atom stereocenters. The molecule has 2 heterocycles. The molecule has 3 rings (SSSR count). The molecule has 174 valence electrons. The molecule has 0 aromatic heterocycles. The summed E-state index contributed by atoms with van der Waals surface area (Å²) < 4.78 is 15.4. The maximum absolute atomic E-state index is 12.6. The van der Waals surface area contributed by atoms with E-state index >= 15 is 0 Å². The molecular formula is C22H34N2O7. The molecule has 3 fully saturated rings. The van der Waals surface area contributed by atoms with Gasteiger partial charge in [-0.1, -0.05) is 0 Å². The van der Waals surface area contributed by atoms with E-state index in [-0.39, 0.29) is 42.8 Å². The highest BCUT2D eigenvalue weighted by Gasteiger charge is 2.47. The van der Waals surface area contributed by atoms with Gasteiger partial charge in [0.15, 0.2) is 0 Å². The Morgan fingerprint density at radius 1 is 0.935 bits per heavy atom. The lowest BCUT2D eigenvalue weighted by atomic mass is 9.70. The second-order valence-corrected chi connectivity index (χ2v) is 8.63. The molecule has 0 N–H and O–H groups in total. The van der Waals surface area contributed by atoms with E-state index in [0.717, 1.165) is 19.3 Å². The zero-order valence-electron chi connectivity index (χ0n) is 18.7. The van der Waals surface area contributed by atoms with Crippen molar-refractivity contribution in [1.82, 2.24) is 9.80 Å². The zero-order valence-corrected chi connectivity index (χ0v) is 18.7. The number of piperidine rings is 2. The lowest BCUT2D eigenvalue weighted by Gasteiger charge is -2.49. The molecule has 9 heteroatoms. The maximum Gasteiger partial charge on any atom is 0.410 e. The largest absolute Gasteiger partial charge is 0.465 e. The van der Waals surface area contributed by atoms with E-state index in [4.69, 9.17) is 14.2 Å². The monoisotopic (exact) mass is 438 g/mol. The Hall–Kier alpha value is -2.16. The minimum Gasteiger partial charge on any atom is -0.465 e. The van der Waals surface area contributed by atoms with Crippen LogP contribution in [0.5, 0.6) is 0 Å². The number of ether oxygens (including phenoxy) is 3. The predicted molar refractivity (Wildman–Crippen MR) is 110 cm³/mol. The van der Waals surface area contributed by atoms with Crippen LogP contribution in [0.2, 0.25) is 0 Å². The molecule has 3 aliphatic rings. The van der Waals surface area contributed by atoms with Gasteiger partial charge in [0.1, 0.15) is 17.9 Å². The fourth-order valence-electron chi connectivity index (χ4n) is 5.44. The van der Waals surface area contributed by atoms with Crippen molar-refractivity contribution in [3.8, 4) is 0 Å². The van der Waals surface area contributed by atoms with Crippen molar-refractivity contribution in [2.45, 2.75) is 70.5 Å². The fourth-order valence-corrected chi connectivity index (χ4v) is 5.44. The van der Waals surface area contributed by atoms with Gasteiger partial charge < -0.3 is 14.2 Å². The minimum atomic E-state index is -0.670. The van der Waals surface area contributed by atoms with Gasteiger partial charge in [-0.25, -0.2) is 9.59 Å². The second-order valence-electron chi connectivity index (χ2n) is 8.63. The number of carbonyl (C=O) groups is 4. The van der Waals surface area contributed by atoms with Gasteiger partial charge in [-0.2, -0.15) is 0 Å². The Morgan fingerprint density at radius 2 is 1.61 bits per heavy atom. The van der Waals surface area contributed by atoms with Crippen LogP contribution in [-0.2, 0) is 28.6 Å². The van der Waals surface area contributed by atoms with E-state index in [1.54, 1.807) is 13.8 Å². The van der Waals surface area contributed by atoms with Crippen molar-refractivity contribution in [2.75, 3.05) is 33.4 Å². The molecule has 1 aliphatic carbocycles. The number of carbonyl (C=O) groups excluding carboxylic acids is 4. The number of esters is 2. The van der Waals surface area contributed by atoms with Crippen molar-refractivity contribution < 1.29 is 33.4 Å². The van der Waals surface area contributed by atoms with Gasteiger partial charge in [-0.15, -0.1) is 0 Å². The van der Waals surface area contributed by atoms with Gasteiger partial charge in [-0.3, -0.25) is 19.4 Å². The van der Waals surface area contributed by atoms with Crippen LogP contribution in [0.3, 0.4) is 0 Å². The average Bonchev–Trinajstić information content (AvgIpc) is 2.77. The molecule has 0 aromatic rings. The van der Waals surface area contributed by atoms with Gasteiger partial charge in [0.25, 0.3) is 0 Å². The molecule has 9 nitrogen and oxygen atoms in total. The van der Waals surface area contributed by atoms with Gasteiger partial charge >= 0.3 is 18.0 Å². The van der Waals surface area contributed by atoms with Crippen LogP contribution in [0.4, 0.5) is 4.79 Å². The third kappa shape index (κ3) is 5.19. The van der Waals surface area contributed by atoms with Crippen LogP contribution < -0.4 is 0 Å². The number of ketones is 1. The number of rotatable bonds is 5. The molecule has 2 saturated heterocycles. The number of Topliss-reactive ketones (excluding diaryl/α,β-unsaturated/α-hetero) is 1. The number of likely N-dealkylation sites (tertiary alicyclic amines) is 2. The Kier molecular flexibility index (Phi) is 7.91. The van der Waals surface area contributed by atoms with Crippen LogP contribution >= 0.6 is 0 Å². The average molecular weight is 439 g/mol. The third-order valence-corrected chi connectivity index (χ3v) is 6.90. The number of hydrogen-bond acceptors (Lipinski definition) is 8. The predicted octanol–water partition coefficient (Wildman–Crippen LogP) is 1.77. The van der Waals surface area contributed by atoms with E-state index in [9.17, 15) is 19.2 Å². The minimum absolute atomic E-state index is 0.0763. The lowest BCUT2D eigenvalue weighted by Crippen LogP contribution is -2.58. The van der Waals surface area contributed by atoms with Crippen LogP contribution in [0, 0.1) is 11.8 Å². The summed E-state index contributed by atoms with van der Waals surface area (Å²) in [5.74, 6) is -0.0721. The van der Waals surface area contributed by atoms with Crippen LogP contribution in [0.25, 0.3) is 0 Å². The van der Waals surface area contributed by atoms with E-state index in [0.29, 0.717) is 32.4 Å². The molecular weight excluding hydrogens is 404 g/mol. The second kappa shape index (κ2) is 10.4. The Bertz CT molecular complexity index is 697. The van der Waals surface area contributed by atoms with Gasteiger partial charge in [0.2, 0.25) is 0 Å². The number of hydrogen-bond donors (Lipinski definition) is 0. The van der Waals surface area contributed by atoms with Crippen LogP contribution in [-0.4, -0.2) is 85.2 Å². The first-order chi connectivity index (χ1) is 14.9. The zero-order chi connectivity index (χ0) is 22.5. The standard InChI is InChI=1S/C22H34N2O7/c1-4-30-20(26)18-9-8-17(25)13-23(18)16-7-6-14-12-24(22(28)29-3)19(11-15(14)10-16)21(27)31-5-2/h14-16,18-19H,4-13H2,1-3H3. The summed E-state index contributed by atoms with van der Waals surface area (Å²) in [5, 5.41) is 0. The summed E-state index contributed by atoms with van der Waals surface area (Å²) in [5.41, 5.74) is 0. The number of methoxy groups -OCH3 is 1. The smallest absolute Gasteiger partial charge is 0.410 e. The summed E-state index contributed by atoms with van der Waals surface area (Å²) >= 11 is 0. The highest BCUT2D eigenvalue weighted by molar-refractivity contribution is 5.85. The summed E-state index contributed by atoms with van der Waals surface area (Å²) in [6.07, 6.45) is 3.35. The highest BCUT2D eigenvalue weighted by atomic mass is 16.6. The quantitative estimate of drug-likeness (QED) is 0.473. The third-order valence-electron chi connectivity index (χ3n) is 6.90. The molecule has 1 saturated carbocycles. The summed E-state index contributed by atoms with van der Waals surface area (Å²) in [7, 11) is 1.32. The van der Waals surface area contributed by atoms with Crippen molar-refractivity contribution in [3.63, 3.8) is 0 Å². The van der Waals surface area contributed by atoms with Crippen LogP contribution in [0.1, 0.15) is 52.4 Å². The first kappa shape index (κ1) is 23.5. The first-order valence-electron chi connectivity index (χ1n) is 11.3. The Balaban J connectivity index is 1.74. The van der Waals surface area contributed by atoms with E-state index in [1.807, 2.05) is 4.90 Å². The molecule has 1 amide bonds. The van der Waals surface area contributed by atoms with E-state index < -0.39 is 24.1 Å².